The van der Waals surface area contributed by atoms with Crippen molar-refractivity contribution in [1.82, 2.24) is 0 Å². The van der Waals surface area contributed by atoms with Gasteiger partial charge in [0.25, 0.3) is 0 Å². The number of hydrogen-bond donors (Lipinski definition) is 1. The third-order valence-corrected chi connectivity index (χ3v) is 2.21. The van der Waals surface area contributed by atoms with E-state index in [2.05, 4.69) is 13.8 Å². The molecule has 0 bridgehead atoms. The van der Waals surface area contributed by atoms with Crippen LogP contribution in [0.4, 0.5) is 0 Å². The fraction of sp³-hybridized carbons (Fsp3) is 1.00. The van der Waals surface area contributed by atoms with Crippen LogP contribution in [0.5, 0.6) is 0 Å². The Morgan fingerprint density at radius 1 is 0.900 bits per heavy atom. The number of hydrogen-bond acceptors (Lipinski definition) is 1. The van der Waals surface area contributed by atoms with Crippen molar-refractivity contribution in [2.75, 3.05) is 7.11 Å². The van der Waals surface area contributed by atoms with E-state index in [0.717, 1.165) is 7.11 Å². The quantitative estimate of drug-likeness (QED) is 0.554. The van der Waals surface area contributed by atoms with Crippen LogP contribution in [-0.2, 0) is 0 Å². The molecule has 0 heterocycles. The van der Waals surface area contributed by atoms with Crippen molar-refractivity contribution >= 4 is 0 Å². The Labute approximate surface area is 64.5 Å². The van der Waals surface area contributed by atoms with Gasteiger partial charge in [-0.25, -0.2) is 0 Å². The fourth-order valence-electron chi connectivity index (χ4n) is 1.51. The lowest BCUT2D eigenvalue weighted by Gasteiger charge is -2.28. The average molecular weight is 144 g/mol. The zero-order chi connectivity index (χ0) is 8.04. The Morgan fingerprint density at radius 2 is 1.30 bits per heavy atom. The van der Waals surface area contributed by atoms with Crippen molar-refractivity contribution in [3.63, 3.8) is 0 Å². The van der Waals surface area contributed by atoms with Crippen LogP contribution < -0.4 is 0 Å². The molecule has 1 aliphatic carbocycles. The second-order valence-electron chi connectivity index (χ2n) is 3.72. The van der Waals surface area contributed by atoms with Gasteiger partial charge in [-0.05, 0) is 18.3 Å². The first-order valence-electron chi connectivity index (χ1n) is 4.15. The van der Waals surface area contributed by atoms with Gasteiger partial charge in [0.2, 0.25) is 0 Å². The van der Waals surface area contributed by atoms with Gasteiger partial charge in [0, 0.05) is 7.11 Å². The van der Waals surface area contributed by atoms with Crippen molar-refractivity contribution < 1.29 is 5.11 Å². The third kappa shape index (κ3) is 3.89. The molecule has 0 radical (unpaired) electrons. The maximum absolute atomic E-state index is 7.00. The normalized spacial score (nSPS) is 22.8. The summed E-state index contributed by atoms with van der Waals surface area (Å²) in [5.41, 5.74) is 0.679. The molecular formula is C9H20O. The van der Waals surface area contributed by atoms with Gasteiger partial charge in [-0.15, -0.1) is 0 Å². The summed E-state index contributed by atoms with van der Waals surface area (Å²) in [5.74, 6) is 0. The zero-order valence-corrected chi connectivity index (χ0v) is 7.48. The van der Waals surface area contributed by atoms with E-state index in [-0.39, 0.29) is 0 Å². The Hall–Kier alpha value is -0.0400. The second-order valence-corrected chi connectivity index (χ2v) is 3.72. The van der Waals surface area contributed by atoms with E-state index in [9.17, 15) is 0 Å². The van der Waals surface area contributed by atoms with Crippen molar-refractivity contribution in [3.05, 3.63) is 0 Å². The largest absolute Gasteiger partial charge is 0.400 e. The molecule has 1 heteroatoms. The average Bonchev–Trinajstić information content (AvgIpc) is 1.92. The molecular weight excluding hydrogens is 124 g/mol. The summed E-state index contributed by atoms with van der Waals surface area (Å²) in [6.45, 7) is 4.76. The molecule has 1 saturated carbocycles. The van der Waals surface area contributed by atoms with Crippen LogP contribution in [0.3, 0.4) is 0 Å². The summed E-state index contributed by atoms with van der Waals surface area (Å²) in [4.78, 5) is 0. The molecule has 0 atom stereocenters. The van der Waals surface area contributed by atoms with Crippen molar-refractivity contribution in [2.24, 2.45) is 5.41 Å². The van der Waals surface area contributed by atoms with Crippen LogP contribution in [0.15, 0.2) is 0 Å². The molecule has 0 aromatic carbocycles. The SMILES string of the molecule is CC1(C)CCCCC1.CO. The van der Waals surface area contributed by atoms with E-state index in [1.165, 1.54) is 32.1 Å². The molecule has 1 fully saturated rings. The molecule has 62 valence electrons. The van der Waals surface area contributed by atoms with Crippen LogP contribution >= 0.6 is 0 Å². The number of aliphatic hydroxyl groups excluding tert-OH is 1. The summed E-state index contributed by atoms with van der Waals surface area (Å²) in [6.07, 6.45) is 7.31. The van der Waals surface area contributed by atoms with E-state index >= 15 is 0 Å². The summed E-state index contributed by atoms with van der Waals surface area (Å²) in [6, 6.07) is 0. The van der Waals surface area contributed by atoms with Gasteiger partial charge >= 0.3 is 0 Å². The minimum atomic E-state index is 0.679. The van der Waals surface area contributed by atoms with E-state index in [1.54, 1.807) is 0 Å². The number of rotatable bonds is 0. The van der Waals surface area contributed by atoms with Crippen molar-refractivity contribution in [1.29, 1.82) is 0 Å². The van der Waals surface area contributed by atoms with Gasteiger partial charge in [-0.2, -0.15) is 0 Å². The minimum Gasteiger partial charge on any atom is -0.400 e. The van der Waals surface area contributed by atoms with E-state index in [0.29, 0.717) is 5.41 Å². The smallest absolute Gasteiger partial charge is 0.0319 e. The Kier molecular flexibility index (Phi) is 4.71. The molecule has 1 rings (SSSR count). The van der Waals surface area contributed by atoms with E-state index in [1.807, 2.05) is 0 Å². The van der Waals surface area contributed by atoms with Gasteiger partial charge in [0.05, 0.1) is 0 Å². The summed E-state index contributed by atoms with van der Waals surface area (Å²) in [5, 5.41) is 7.00. The lowest BCUT2D eigenvalue weighted by molar-refractivity contribution is 0.244. The van der Waals surface area contributed by atoms with Crippen LogP contribution in [0.1, 0.15) is 46.0 Å². The molecule has 0 aliphatic heterocycles. The third-order valence-electron chi connectivity index (χ3n) is 2.21. The van der Waals surface area contributed by atoms with E-state index < -0.39 is 0 Å². The van der Waals surface area contributed by atoms with Gasteiger partial charge < -0.3 is 5.11 Å². The molecule has 1 N–H and O–H groups in total. The molecule has 1 nitrogen and oxygen atoms in total. The molecule has 0 aromatic heterocycles. The summed E-state index contributed by atoms with van der Waals surface area (Å²) < 4.78 is 0. The van der Waals surface area contributed by atoms with Crippen LogP contribution in [-0.4, -0.2) is 12.2 Å². The summed E-state index contributed by atoms with van der Waals surface area (Å²) >= 11 is 0. The first kappa shape index (κ1) is 9.96. The van der Waals surface area contributed by atoms with Crippen LogP contribution in [0, 0.1) is 5.41 Å². The number of aliphatic hydroxyl groups is 1. The maximum Gasteiger partial charge on any atom is 0.0319 e. The first-order valence-corrected chi connectivity index (χ1v) is 4.15. The zero-order valence-electron chi connectivity index (χ0n) is 7.48. The molecule has 1 aliphatic rings. The minimum absolute atomic E-state index is 0.679. The predicted molar refractivity (Wildman–Crippen MR) is 45.0 cm³/mol. The first-order chi connectivity index (χ1) is 4.71. The van der Waals surface area contributed by atoms with Gasteiger partial charge in [-0.3, -0.25) is 0 Å². The molecule has 0 saturated heterocycles. The highest BCUT2D eigenvalue weighted by atomic mass is 16.2. The molecule has 10 heavy (non-hydrogen) atoms. The van der Waals surface area contributed by atoms with Crippen molar-refractivity contribution in [2.45, 2.75) is 46.0 Å². The lowest BCUT2D eigenvalue weighted by atomic mass is 9.78. The van der Waals surface area contributed by atoms with Gasteiger partial charge in [0.15, 0.2) is 0 Å². The Morgan fingerprint density at radius 3 is 1.50 bits per heavy atom. The fourth-order valence-corrected chi connectivity index (χ4v) is 1.51. The maximum atomic E-state index is 7.00. The van der Waals surface area contributed by atoms with Gasteiger partial charge in [0.1, 0.15) is 0 Å². The van der Waals surface area contributed by atoms with Crippen LogP contribution in [0.25, 0.3) is 0 Å². The molecule has 0 aromatic rings. The van der Waals surface area contributed by atoms with Gasteiger partial charge in [-0.1, -0.05) is 33.1 Å². The Bertz CT molecular complexity index is 68.8. The predicted octanol–water partition coefficient (Wildman–Crippen LogP) is 2.59. The molecule has 0 unspecified atom stereocenters. The highest BCUT2D eigenvalue weighted by Crippen LogP contribution is 2.34. The standard InChI is InChI=1S/C8H16.CH4O/c1-8(2)6-4-3-5-7-8;1-2/h3-7H2,1-2H3;2H,1H3. The van der Waals surface area contributed by atoms with Crippen LogP contribution in [0.2, 0.25) is 0 Å². The monoisotopic (exact) mass is 144 g/mol. The second kappa shape index (κ2) is 4.73. The molecule has 0 amide bonds. The topological polar surface area (TPSA) is 20.2 Å². The van der Waals surface area contributed by atoms with E-state index in [4.69, 9.17) is 5.11 Å². The van der Waals surface area contributed by atoms with Crippen molar-refractivity contribution in [3.8, 4) is 0 Å². The lowest BCUT2D eigenvalue weighted by Crippen LogP contribution is -2.14. The highest BCUT2D eigenvalue weighted by molar-refractivity contribution is 4.72. The Balaban J connectivity index is 0.000000371. The summed E-state index contributed by atoms with van der Waals surface area (Å²) in [7, 11) is 1.00. The molecule has 0 spiro atoms. The highest BCUT2D eigenvalue weighted by Gasteiger charge is 2.19.